The second-order valence-electron chi connectivity index (χ2n) is 9.90. The summed E-state index contributed by atoms with van der Waals surface area (Å²) in [5.41, 5.74) is -0.805. The fourth-order valence-electron chi connectivity index (χ4n) is 4.74. The third kappa shape index (κ3) is 4.34. The first-order chi connectivity index (χ1) is 13.1. The van der Waals surface area contributed by atoms with E-state index in [1.54, 1.807) is 0 Å². The van der Waals surface area contributed by atoms with Crippen LogP contribution in [0.5, 0.6) is 0 Å². The van der Waals surface area contributed by atoms with E-state index in [-0.39, 0.29) is 29.3 Å². The fraction of sp³-hybridized carbons (Fsp3) is 0.857. The van der Waals surface area contributed by atoms with E-state index in [1.165, 1.54) is 4.90 Å². The molecule has 0 bridgehead atoms. The number of carbonyl (C=O) groups excluding carboxylic acids is 3. The molecule has 0 radical (unpaired) electrons. The summed E-state index contributed by atoms with van der Waals surface area (Å²) in [6.45, 7) is 12.2. The van der Waals surface area contributed by atoms with Crippen LogP contribution in [0.1, 0.15) is 66.2 Å². The largest absolute Gasteiger partial charge is 0.341 e. The van der Waals surface area contributed by atoms with Gasteiger partial charge in [0.05, 0.1) is 6.04 Å². The molecular formula is C21H36N4O3. The van der Waals surface area contributed by atoms with E-state index in [9.17, 15) is 14.4 Å². The van der Waals surface area contributed by atoms with Gasteiger partial charge in [-0.15, -0.1) is 0 Å². The Balaban J connectivity index is 1.66. The number of imide groups is 1. The Bertz CT molecular complexity index is 620. The van der Waals surface area contributed by atoms with Crippen LogP contribution in [0.4, 0.5) is 4.79 Å². The third-order valence-corrected chi connectivity index (χ3v) is 6.24. The van der Waals surface area contributed by atoms with E-state index in [1.807, 2.05) is 4.90 Å². The molecule has 0 unspecified atom stereocenters. The first-order valence-corrected chi connectivity index (χ1v) is 10.8. The van der Waals surface area contributed by atoms with Crippen LogP contribution in [0.3, 0.4) is 0 Å². The molecule has 0 aromatic heterocycles. The number of likely N-dealkylation sites (tertiary alicyclic amines) is 2. The molecule has 1 N–H and O–H groups in total. The molecule has 7 heteroatoms. The molecule has 1 atom stereocenters. The van der Waals surface area contributed by atoms with Gasteiger partial charge < -0.3 is 15.1 Å². The van der Waals surface area contributed by atoms with E-state index in [0.717, 1.165) is 38.9 Å². The molecule has 3 fully saturated rings. The van der Waals surface area contributed by atoms with Crippen molar-refractivity contribution in [1.82, 2.24) is 20.0 Å². The van der Waals surface area contributed by atoms with Crippen molar-refractivity contribution in [3.05, 3.63) is 0 Å². The van der Waals surface area contributed by atoms with Crippen molar-refractivity contribution >= 4 is 17.8 Å². The summed E-state index contributed by atoms with van der Waals surface area (Å²) >= 11 is 0. The summed E-state index contributed by atoms with van der Waals surface area (Å²) in [6.07, 6.45) is 4.53. The molecule has 3 aliphatic heterocycles. The fourth-order valence-corrected chi connectivity index (χ4v) is 4.74. The molecule has 3 heterocycles. The van der Waals surface area contributed by atoms with Crippen LogP contribution in [-0.2, 0) is 9.59 Å². The minimum atomic E-state index is -0.737. The lowest BCUT2D eigenvalue weighted by atomic mass is 9.87. The van der Waals surface area contributed by atoms with E-state index in [2.05, 4.69) is 37.9 Å². The van der Waals surface area contributed by atoms with Crippen LogP contribution in [0, 0.1) is 5.41 Å². The normalized spacial score (nSPS) is 26.1. The van der Waals surface area contributed by atoms with Crippen molar-refractivity contribution in [2.75, 3.05) is 32.7 Å². The lowest BCUT2D eigenvalue weighted by Gasteiger charge is -2.39. The van der Waals surface area contributed by atoms with Crippen LogP contribution in [-0.4, -0.2) is 76.8 Å². The lowest BCUT2D eigenvalue weighted by Crippen LogP contribution is -2.56. The van der Waals surface area contributed by atoms with Crippen molar-refractivity contribution in [2.24, 2.45) is 5.41 Å². The second kappa shape index (κ2) is 8.01. The second-order valence-corrected chi connectivity index (χ2v) is 9.90. The van der Waals surface area contributed by atoms with E-state index in [4.69, 9.17) is 0 Å². The number of rotatable bonds is 4. The van der Waals surface area contributed by atoms with Gasteiger partial charge in [-0.3, -0.25) is 14.5 Å². The predicted molar refractivity (Wildman–Crippen MR) is 108 cm³/mol. The van der Waals surface area contributed by atoms with Crippen molar-refractivity contribution < 1.29 is 14.4 Å². The average molecular weight is 393 g/mol. The minimum Gasteiger partial charge on any atom is -0.341 e. The average Bonchev–Trinajstić information content (AvgIpc) is 2.86. The molecule has 7 nitrogen and oxygen atoms in total. The molecular weight excluding hydrogens is 356 g/mol. The molecule has 0 aliphatic carbocycles. The molecule has 0 aromatic carbocycles. The maximum atomic E-state index is 13.3. The molecule has 158 valence electrons. The van der Waals surface area contributed by atoms with Gasteiger partial charge >= 0.3 is 6.03 Å². The molecule has 4 amide bonds. The Morgan fingerprint density at radius 3 is 2.46 bits per heavy atom. The van der Waals surface area contributed by atoms with Gasteiger partial charge in [0.15, 0.2) is 0 Å². The predicted octanol–water partition coefficient (Wildman–Crippen LogP) is 2.21. The zero-order valence-electron chi connectivity index (χ0n) is 17.9. The van der Waals surface area contributed by atoms with Gasteiger partial charge in [0.25, 0.3) is 5.91 Å². The van der Waals surface area contributed by atoms with Gasteiger partial charge in [-0.2, -0.15) is 0 Å². The van der Waals surface area contributed by atoms with Gasteiger partial charge in [-0.1, -0.05) is 27.7 Å². The van der Waals surface area contributed by atoms with E-state index < -0.39 is 5.54 Å². The quantitative estimate of drug-likeness (QED) is 0.745. The number of amides is 4. The lowest BCUT2D eigenvalue weighted by molar-refractivity contribution is -0.140. The molecule has 0 aromatic rings. The van der Waals surface area contributed by atoms with Crippen molar-refractivity contribution in [3.63, 3.8) is 0 Å². The number of urea groups is 1. The highest BCUT2D eigenvalue weighted by Gasteiger charge is 2.54. The zero-order chi connectivity index (χ0) is 20.5. The highest BCUT2D eigenvalue weighted by molar-refractivity contribution is 6.07. The van der Waals surface area contributed by atoms with Crippen molar-refractivity contribution in [2.45, 2.75) is 77.8 Å². The van der Waals surface area contributed by atoms with Gasteiger partial charge in [-0.25, -0.2) is 4.79 Å². The number of carbonyl (C=O) groups is 3. The SMILES string of the molecule is CCCN1CCC2(CC1)NC(=O)N([C@@H]1CCCN(C(=O)CC(C)(C)C)C1)C2=O. The van der Waals surface area contributed by atoms with Gasteiger partial charge in [0.2, 0.25) is 5.91 Å². The smallest absolute Gasteiger partial charge is 0.325 e. The Morgan fingerprint density at radius 2 is 1.86 bits per heavy atom. The summed E-state index contributed by atoms with van der Waals surface area (Å²) in [4.78, 5) is 44.3. The van der Waals surface area contributed by atoms with Gasteiger partial charge in [-0.05, 0) is 44.1 Å². The Hall–Kier alpha value is -1.63. The number of nitrogens with one attached hydrogen (secondary N) is 1. The maximum Gasteiger partial charge on any atom is 0.325 e. The first-order valence-electron chi connectivity index (χ1n) is 10.8. The molecule has 1 spiro atoms. The minimum absolute atomic E-state index is 0.0681. The Labute approximate surface area is 168 Å². The van der Waals surface area contributed by atoms with Gasteiger partial charge in [0, 0.05) is 32.6 Å². The summed E-state index contributed by atoms with van der Waals surface area (Å²) in [6, 6.07) is -0.484. The van der Waals surface area contributed by atoms with Gasteiger partial charge in [0.1, 0.15) is 5.54 Å². The summed E-state index contributed by atoms with van der Waals surface area (Å²) < 4.78 is 0. The van der Waals surface area contributed by atoms with Crippen LogP contribution in [0.15, 0.2) is 0 Å². The topological polar surface area (TPSA) is 73.0 Å². The number of nitrogens with zero attached hydrogens (tertiary/aromatic N) is 3. The van der Waals surface area contributed by atoms with Crippen LogP contribution in [0.25, 0.3) is 0 Å². The Morgan fingerprint density at radius 1 is 1.18 bits per heavy atom. The summed E-state index contributed by atoms with van der Waals surface area (Å²) in [7, 11) is 0. The van der Waals surface area contributed by atoms with E-state index in [0.29, 0.717) is 32.4 Å². The van der Waals surface area contributed by atoms with Crippen molar-refractivity contribution in [1.29, 1.82) is 0 Å². The number of hydrogen-bond donors (Lipinski definition) is 1. The van der Waals surface area contributed by atoms with Crippen LogP contribution in [0.2, 0.25) is 0 Å². The Kier molecular flexibility index (Phi) is 6.03. The maximum absolute atomic E-state index is 13.3. The standard InChI is InChI=1S/C21H36N4O3/c1-5-10-23-12-8-21(9-13-23)18(27)25(19(28)22-21)16-7-6-11-24(15-16)17(26)14-20(2,3)4/h16H,5-15H2,1-4H3,(H,22,28)/t16-/m1/s1. The highest BCUT2D eigenvalue weighted by atomic mass is 16.2. The third-order valence-electron chi connectivity index (χ3n) is 6.24. The molecule has 28 heavy (non-hydrogen) atoms. The highest BCUT2D eigenvalue weighted by Crippen LogP contribution is 2.32. The van der Waals surface area contributed by atoms with E-state index >= 15 is 0 Å². The van der Waals surface area contributed by atoms with Crippen LogP contribution < -0.4 is 5.32 Å². The zero-order valence-corrected chi connectivity index (χ0v) is 17.9. The van der Waals surface area contributed by atoms with Crippen LogP contribution >= 0.6 is 0 Å². The summed E-state index contributed by atoms with van der Waals surface area (Å²) in [5, 5.41) is 3.02. The molecule has 3 rings (SSSR count). The number of piperidine rings is 2. The summed E-state index contributed by atoms with van der Waals surface area (Å²) in [5.74, 6) is 0.0376. The molecule has 3 aliphatic rings. The first kappa shape index (κ1) is 21.1. The molecule has 0 saturated carbocycles. The molecule has 3 saturated heterocycles. The van der Waals surface area contributed by atoms with Crippen molar-refractivity contribution in [3.8, 4) is 0 Å². The monoisotopic (exact) mass is 392 g/mol. The number of hydrogen-bond acceptors (Lipinski definition) is 4.